The molecule has 0 spiro atoms. The van der Waals surface area contributed by atoms with Gasteiger partial charge >= 0.3 is 10.2 Å². The largest absolute Gasteiger partial charge is 0.316 e. The molecule has 0 bridgehead atoms. The molecule has 0 atom stereocenters. The minimum absolute atomic E-state index is 0. The smallest absolute Gasteiger partial charge is 0.264 e. The Morgan fingerprint density at radius 2 is 2.00 bits per heavy atom. The predicted octanol–water partition coefficient (Wildman–Crippen LogP) is 1.45. The lowest BCUT2D eigenvalue weighted by molar-refractivity contribution is 0.439. The second-order valence-electron chi connectivity index (χ2n) is 3.42. The van der Waals surface area contributed by atoms with E-state index in [0.29, 0.717) is 5.56 Å². The van der Waals surface area contributed by atoms with Gasteiger partial charge in [-0.05, 0) is 6.07 Å². The molecule has 1 N–H and O–H groups in total. The number of hydrazone groups is 1. The summed E-state index contributed by atoms with van der Waals surface area (Å²) in [5.41, 5.74) is 0.687. The van der Waals surface area contributed by atoms with Crippen LogP contribution in [0.25, 0.3) is 0 Å². The lowest BCUT2D eigenvalue weighted by Gasteiger charge is -2.18. The van der Waals surface area contributed by atoms with Gasteiger partial charge in [0.15, 0.2) is 0 Å². The molecule has 1 aromatic rings. The SMILES string of the molecule is Cl.O=S(=O)(N/N=C/c1cccnc1)N(CCCl)CCCl. The number of hydrogen-bond donors (Lipinski definition) is 1. The molecule has 0 saturated heterocycles. The number of nitrogens with zero attached hydrogens (tertiary/aromatic N) is 3. The van der Waals surface area contributed by atoms with E-state index >= 15 is 0 Å². The van der Waals surface area contributed by atoms with Crippen LogP contribution in [0.15, 0.2) is 29.6 Å². The van der Waals surface area contributed by atoms with Crippen LogP contribution < -0.4 is 4.83 Å². The van der Waals surface area contributed by atoms with E-state index in [0.717, 1.165) is 4.31 Å². The van der Waals surface area contributed by atoms with Gasteiger partial charge in [0.05, 0.1) is 6.21 Å². The fourth-order valence-corrected chi connectivity index (χ4v) is 2.79. The fraction of sp³-hybridized carbons (Fsp3) is 0.400. The zero-order valence-corrected chi connectivity index (χ0v) is 13.6. The molecule has 6 nitrogen and oxygen atoms in total. The number of alkyl halides is 2. The molecule has 0 aliphatic rings. The molecule has 0 saturated carbocycles. The summed E-state index contributed by atoms with van der Waals surface area (Å²) in [5.74, 6) is 0.369. The van der Waals surface area contributed by atoms with Crippen molar-refractivity contribution in [2.24, 2.45) is 5.10 Å². The Balaban J connectivity index is 0.00000361. The molecule has 0 fully saturated rings. The van der Waals surface area contributed by atoms with Crippen molar-refractivity contribution in [2.45, 2.75) is 0 Å². The number of aromatic nitrogens is 1. The summed E-state index contributed by atoms with van der Waals surface area (Å²) in [4.78, 5) is 5.98. The van der Waals surface area contributed by atoms with Crippen LogP contribution in [-0.4, -0.2) is 48.8 Å². The highest BCUT2D eigenvalue weighted by Gasteiger charge is 2.19. The normalized spacial score (nSPS) is 11.6. The maximum Gasteiger partial charge on any atom is 0.316 e. The molecule has 0 radical (unpaired) electrons. The molecular formula is C10H15Cl3N4O2S. The molecule has 10 heteroatoms. The van der Waals surface area contributed by atoms with E-state index in [1.54, 1.807) is 24.5 Å². The van der Waals surface area contributed by atoms with Gasteiger partial charge in [-0.25, -0.2) is 0 Å². The number of nitrogens with one attached hydrogen (secondary N) is 1. The fourth-order valence-electron chi connectivity index (χ4n) is 1.22. The Labute approximate surface area is 134 Å². The molecule has 20 heavy (non-hydrogen) atoms. The Morgan fingerprint density at radius 3 is 2.50 bits per heavy atom. The van der Waals surface area contributed by atoms with Crippen LogP contribution in [0.5, 0.6) is 0 Å². The van der Waals surface area contributed by atoms with Crippen LogP contribution in [0.1, 0.15) is 5.56 Å². The molecule has 1 rings (SSSR count). The summed E-state index contributed by atoms with van der Waals surface area (Å²) in [7, 11) is -3.72. The molecule has 1 heterocycles. The van der Waals surface area contributed by atoms with Crippen molar-refractivity contribution in [3.8, 4) is 0 Å². The molecular weight excluding hydrogens is 347 g/mol. The standard InChI is InChI=1S/C10H14Cl2N4O2S.ClH/c11-3-6-16(7-4-12)19(17,18)15-14-9-10-2-1-5-13-8-10;/h1-2,5,8-9,15H,3-4,6-7H2;1H/b14-9+;. The molecule has 0 aliphatic carbocycles. The molecule has 1 aromatic heterocycles. The molecule has 0 unspecified atom stereocenters. The van der Waals surface area contributed by atoms with E-state index in [1.807, 2.05) is 0 Å². The van der Waals surface area contributed by atoms with Gasteiger partial charge < -0.3 is 0 Å². The van der Waals surface area contributed by atoms with E-state index in [-0.39, 0.29) is 37.3 Å². The first-order valence-electron chi connectivity index (χ1n) is 5.42. The first-order valence-corrected chi connectivity index (χ1v) is 7.93. The second-order valence-corrected chi connectivity index (χ2v) is 5.82. The highest BCUT2D eigenvalue weighted by Crippen LogP contribution is 2.00. The van der Waals surface area contributed by atoms with Gasteiger partial charge in [0.25, 0.3) is 0 Å². The van der Waals surface area contributed by atoms with Crippen molar-refractivity contribution in [3.63, 3.8) is 0 Å². The summed E-state index contributed by atoms with van der Waals surface area (Å²) in [5, 5.41) is 3.67. The van der Waals surface area contributed by atoms with Crippen molar-refractivity contribution in [1.29, 1.82) is 0 Å². The quantitative estimate of drug-likeness (QED) is 0.432. The highest BCUT2D eigenvalue weighted by molar-refractivity contribution is 7.87. The average molecular weight is 362 g/mol. The monoisotopic (exact) mass is 360 g/mol. The Bertz CT molecular complexity index is 492. The van der Waals surface area contributed by atoms with Gasteiger partial charge in [-0.15, -0.1) is 35.6 Å². The van der Waals surface area contributed by atoms with Crippen LogP contribution in [-0.2, 0) is 10.2 Å². The van der Waals surface area contributed by atoms with E-state index < -0.39 is 10.2 Å². The first kappa shape index (κ1) is 19.4. The minimum Gasteiger partial charge on any atom is -0.264 e. The average Bonchev–Trinajstić information content (AvgIpc) is 2.39. The van der Waals surface area contributed by atoms with Crippen molar-refractivity contribution in [2.75, 3.05) is 24.8 Å². The van der Waals surface area contributed by atoms with Crippen LogP contribution in [0.3, 0.4) is 0 Å². The maximum absolute atomic E-state index is 11.9. The van der Waals surface area contributed by atoms with E-state index in [1.165, 1.54) is 6.21 Å². The molecule has 0 aliphatic heterocycles. The topological polar surface area (TPSA) is 74.7 Å². The highest BCUT2D eigenvalue weighted by atomic mass is 35.5. The van der Waals surface area contributed by atoms with Crippen molar-refractivity contribution in [3.05, 3.63) is 30.1 Å². The second kappa shape index (κ2) is 10.2. The third-order valence-electron chi connectivity index (χ3n) is 2.07. The van der Waals surface area contributed by atoms with E-state index in [2.05, 4.69) is 14.9 Å². The van der Waals surface area contributed by atoms with Gasteiger partial charge in [-0.2, -0.15) is 22.7 Å². The van der Waals surface area contributed by atoms with Crippen LogP contribution in [0.2, 0.25) is 0 Å². The van der Waals surface area contributed by atoms with Gasteiger partial charge in [0, 0.05) is 42.8 Å². The van der Waals surface area contributed by atoms with Gasteiger partial charge in [-0.3, -0.25) is 4.98 Å². The summed E-state index contributed by atoms with van der Waals surface area (Å²) >= 11 is 11.1. The zero-order chi connectivity index (χ0) is 14.1. The summed E-state index contributed by atoms with van der Waals surface area (Å²) in [6, 6.07) is 3.48. The number of halogens is 3. The van der Waals surface area contributed by atoms with Gasteiger partial charge in [-0.1, -0.05) is 6.07 Å². The predicted molar refractivity (Wildman–Crippen MR) is 84.1 cm³/mol. The van der Waals surface area contributed by atoms with Crippen molar-refractivity contribution < 1.29 is 8.42 Å². The summed E-state index contributed by atoms with van der Waals surface area (Å²) < 4.78 is 24.9. The third-order valence-corrected chi connectivity index (χ3v) is 3.79. The Morgan fingerprint density at radius 1 is 1.35 bits per heavy atom. The third kappa shape index (κ3) is 6.71. The van der Waals surface area contributed by atoms with Crippen LogP contribution in [0, 0.1) is 0 Å². The van der Waals surface area contributed by atoms with Crippen molar-refractivity contribution >= 4 is 52.0 Å². The van der Waals surface area contributed by atoms with E-state index in [4.69, 9.17) is 23.2 Å². The zero-order valence-electron chi connectivity index (χ0n) is 10.4. The molecule has 0 amide bonds. The number of pyridine rings is 1. The number of hydrogen-bond acceptors (Lipinski definition) is 4. The summed E-state index contributed by atoms with van der Waals surface area (Å²) in [6.45, 7) is 0.345. The molecule has 114 valence electrons. The maximum atomic E-state index is 11.9. The lowest BCUT2D eigenvalue weighted by atomic mass is 10.3. The first-order chi connectivity index (χ1) is 9.10. The minimum atomic E-state index is -3.72. The Hall–Kier alpha value is -0.600. The van der Waals surface area contributed by atoms with Crippen LogP contribution in [0.4, 0.5) is 0 Å². The van der Waals surface area contributed by atoms with Crippen molar-refractivity contribution in [1.82, 2.24) is 14.1 Å². The van der Waals surface area contributed by atoms with Gasteiger partial charge in [0.1, 0.15) is 0 Å². The van der Waals surface area contributed by atoms with Gasteiger partial charge in [0.2, 0.25) is 0 Å². The lowest BCUT2D eigenvalue weighted by Crippen LogP contribution is -2.40. The molecule has 0 aromatic carbocycles. The van der Waals surface area contributed by atoms with E-state index in [9.17, 15) is 8.42 Å². The summed E-state index contributed by atoms with van der Waals surface area (Å²) in [6.07, 6.45) is 4.54. The van der Waals surface area contributed by atoms with Crippen LogP contribution >= 0.6 is 35.6 Å². The number of rotatable bonds is 8. The Kier molecular flexibility index (Phi) is 9.87.